The van der Waals surface area contributed by atoms with Crippen molar-refractivity contribution in [3.8, 4) is 0 Å². The molecule has 0 saturated heterocycles. The number of nitrogens with one attached hydrogen (secondary N) is 2. The van der Waals surface area contributed by atoms with Gasteiger partial charge in [0.05, 0.1) is 5.69 Å². The number of thioether (sulfide) groups is 1. The van der Waals surface area contributed by atoms with Crippen molar-refractivity contribution in [3.05, 3.63) is 54.6 Å². The molecule has 2 aromatic carbocycles. The molecule has 0 radical (unpaired) electrons. The Labute approximate surface area is 177 Å². The number of para-hydroxylation sites is 2. The van der Waals surface area contributed by atoms with E-state index in [1.807, 2.05) is 59.5 Å². The normalized spacial score (nSPS) is 14.2. The lowest BCUT2D eigenvalue weighted by molar-refractivity contribution is -0.125. The molecule has 0 saturated carbocycles. The maximum absolute atomic E-state index is 12.7. The van der Waals surface area contributed by atoms with Gasteiger partial charge >= 0.3 is 0 Å². The minimum atomic E-state index is -0.0847. The minimum absolute atomic E-state index is 0.00993. The van der Waals surface area contributed by atoms with Crippen molar-refractivity contribution >= 4 is 35.0 Å². The van der Waals surface area contributed by atoms with E-state index >= 15 is 0 Å². The third-order valence-electron chi connectivity index (χ3n) is 5.05. The Morgan fingerprint density at radius 1 is 1.03 bits per heavy atom. The Morgan fingerprint density at radius 3 is 2.52 bits per heavy atom. The quantitative estimate of drug-likeness (QED) is 0.685. The molecular formula is C23H29N3O2S. The first-order chi connectivity index (χ1) is 14.0. The molecular weight excluding hydrogens is 382 g/mol. The van der Waals surface area contributed by atoms with Crippen LogP contribution in [0.3, 0.4) is 0 Å². The van der Waals surface area contributed by atoms with E-state index < -0.39 is 0 Å². The standard InChI is InChI=1S/C23H29N3O2S/c1-17(2)19(25-18-8-4-3-5-9-18)16-24-22(27)12-13-23(28)26-14-15-29-21-11-7-6-10-20(21)26/h3-11,17,19,25H,12-16H2,1-2H3,(H,24,27). The van der Waals surface area contributed by atoms with Crippen LogP contribution < -0.4 is 15.5 Å². The lowest BCUT2D eigenvalue weighted by Gasteiger charge is -2.29. The largest absolute Gasteiger partial charge is 0.380 e. The molecule has 0 fully saturated rings. The molecule has 6 heteroatoms. The summed E-state index contributed by atoms with van der Waals surface area (Å²) in [6.07, 6.45) is 0.435. The summed E-state index contributed by atoms with van der Waals surface area (Å²) in [6.45, 7) is 5.48. The van der Waals surface area contributed by atoms with Crippen LogP contribution in [0.4, 0.5) is 11.4 Å². The third kappa shape index (κ3) is 6.00. The van der Waals surface area contributed by atoms with Gasteiger partial charge in [-0.3, -0.25) is 9.59 Å². The molecule has 154 valence electrons. The van der Waals surface area contributed by atoms with Gasteiger partial charge < -0.3 is 15.5 Å². The highest BCUT2D eigenvalue weighted by atomic mass is 32.2. The summed E-state index contributed by atoms with van der Waals surface area (Å²) >= 11 is 1.77. The lowest BCUT2D eigenvalue weighted by atomic mass is 10.0. The molecule has 1 aliphatic rings. The molecule has 2 aromatic rings. The summed E-state index contributed by atoms with van der Waals surface area (Å²) in [7, 11) is 0. The van der Waals surface area contributed by atoms with Crippen LogP contribution in [0.5, 0.6) is 0 Å². The van der Waals surface area contributed by atoms with E-state index in [-0.39, 0.29) is 30.7 Å². The number of rotatable bonds is 8. The van der Waals surface area contributed by atoms with Gasteiger partial charge in [-0.15, -0.1) is 11.8 Å². The van der Waals surface area contributed by atoms with Gasteiger partial charge in [0.1, 0.15) is 0 Å². The molecule has 0 bridgehead atoms. The number of hydrogen-bond donors (Lipinski definition) is 2. The van der Waals surface area contributed by atoms with Crippen molar-refractivity contribution in [1.29, 1.82) is 0 Å². The van der Waals surface area contributed by atoms with Gasteiger partial charge in [0.25, 0.3) is 0 Å². The number of hydrogen-bond acceptors (Lipinski definition) is 4. The molecule has 2 amide bonds. The molecule has 1 unspecified atom stereocenters. The SMILES string of the molecule is CC(C)C(CNC(=O)CCC(=O)N1CCSc2ccccc21)Nc1ccccc1. The van der Waals surface area contributed by atoms with E-state index in [1.165, 1.54) is 0 Å². The zero-order chi connectivity index (χ0) is 20.6. The average molecular weight is 412 g/mol. The van der Waals surface area contributed by atoms with Gasteiger partial charge in [-0.25, -0.2) is 0 Å². The molecule has 5 nitrogen and oxygen atoms in total. The summed E-state index contributed by atoms with van der Waals surface area (Å²) < 4.78 is 0. The van der Waals surface area contributed by atoms with Gasteiger partial charge in [-0.2, -0.15) is 0 Å². The molecule has 0 aromatic heterocycles. The van der Waals surface area contributed by atoms with Crippen molar-refractivity contribution in [3.63, 3.8) is 0 Å². The maximum Gasteiger partial charge on any atom is 0.227 e. The van der Waals surface area contributed by atoms with Gasteiger partial charge in [0.2, 0.25) is 11.8 Å². The van der Waals surface area contributed by atoms with Gasteiger partial charge in [0.15, 0.2) is 0 Å². The average Bonchev–Trinajstić information content (AvgIpc) is 2.75. The topological polar surface area (TPSA) is 61.4 Å². The summed E-state index contributed by atoms with van der Waals surface area (Å²) in [5.74, 6) is 1.17. The fourth-order valence-electron chi connectivity index (χ4n) is 3.30. The third-order valence-corrected chi connectivity index (χ3v) is 6.09. The van der Waals surface area contributed by atoms with Crippen LogP contribution in [0.1, 0.15) is 26.7 Å². The number of carbonyl (C=O) groups is 2. The summed E-state index contributed by atoms with van der Waals surface area (Å²) in [5.41, 5.74) is 2.00. The van der Waals surface area contributed by atoms with E-state index in [2.05, 4.69) is 24.5 Å². The van der Waals surface area contributed by atoms with E-state index in [0.717, 1.165) is 22.0 Å². The lowest BCUT2D eigenvalue weighted by Crippen LogP contribution is -2.40. The van der Waals surface area contributed by atoms with Crippen LogP contribution in [-0.4, -0.2) is 36.7 Å². The van der Waals surface area contributed by atoms with E-state index in [9.17, 15) is 9.59 Å². The van der Waals surface area contributed by atoms with E-state index in [4.69, 9.17) is 0 Å². The first-order valence-electron chi connectivity index (χ1n) is 10.1. The van der Waals surface area contributed by atoms with Gasteiger partial charge in [-0.05, 0) is 30.2 Å². The van der Waals surface area contributed by atoms with Crippen molar-refractivity contribution in [2.45, 2.75) is 37.6 Å². The molecule has 1 atom stereocenters. The smallest absolute Gasteiger partial charge is 0.227 e. The van der Waals surface area contributed by atoms with Crippen molar-refractivity contribution in [1.82, 2.24) is 5.32 Å². The second kappa shape index (κ2) is 10.3. The number of fused-ring (bicyclic) bond motifs is 1. The first-order valence-corrected chi connectivity index (χ1v) is 11.1. The number of nitrogens with zero attached hydrogens (tertiary/aromatic N) is 1. The highest BCUT2D eigenvalue weighted by Crippen LogP contribution is 2.34. The Hall–Kier alpha value is -2.47. The summed E-state index contributed by atoms with van der Waals surface area (Å²) in [6, 6.07) is 18.1. The maximum atomic E-state index is 12.7. The Balaban J connectivity index is 1.47. The highest BCUT2D eigenvalue weighted by molar-refractivity contribution is 7.99. The second-order valence-corrected chi connectivity index (χ2v) is 8.66. The van der Waals surface area contributed by atoms with Crippen molar-refractivity contribution in [2.75, 3.05) is 29.1 Å². The zero-order valence-corrected chi connectivity index (χ0v) is 17.9. The molecule has 3 rings (SSSR count). The fourth-order valence-corrected chi connectivity index (χ4v) is 4.29. The van der Waals surface area contributed by atoms with E-state index in [0.29, 0.717) is 19.0 Å². The van der Waals surface area contributed by atoms with E-state index in [1.54, 1.807) is 11.8 Å². The summed E-state index contributed by atoms with van der Waals surface area (Å²) in [4.78, 5) is 28.0. The van der Waals surface area contributed by atoms with Crippen LogP contribution in [0.2, 0.25) is 0 Å². The summed E-state index contributed by atoms with van der Waals surface area (Å²) in [5, 5.41) is 6.45. The van der Waals surface area contributed by atoms with Crippen LogP contribution in [-0.2, 0) is 9.59 Å². The zero-order valence-electron chi connectivity index (χ0n) is 17.1. The molecule has 1 heterocycles. The molecule has 1 aliphatic heterocycles. The van der Waals surface area contributed by atoms with Crippen LogP contribution in [0.25, 0.3) is 0 Å². The molecule has 0 spiro atoms. The molecule has 0 aliphatic carbocycles. The van der Waals surface area contributed by atoms with Gasteiger partial charge in [-0.1, -0.05) is 44.2 Å². The Morgan fingerprint density at radius 2 is 1.76 bits per heavy atom. The van der Waals surface area contributed by atoms with Crippen LogP contribution >= 0.6 is 11.8 Å². The van der Waals surface area contributed by atoms with Gasteiger partial charge in [0, 0.05) is 48.3 Å². The second-order valence-electron chi connectivity index (χ2n) is 7.53. The van der Waals surface area contributed by atoms with Crippen molar-refractivity contribution in [2.24, 2.45) is 5.92 Å². The Bertz CT molecular complexity index is 826. The fraction of sp³-hybridized carbons (Fsp3) is 0.391. The predicted molar refractivity (Wildman–Crippen MR) is 120 cm³/mol. The highest BCUT2D eigenvalue weighted by Gasteiger charge is 2.23. The van der Waals surface area contributed by atoms with Crippen molar-refractivity contribution < 1.29 is 9.59 Å². The Kier molecular flexibility index (Phi) is 7.58. The number of amides is 2. The molecule has 2 N–H and O–H groups in total. The van der Waals surface area contributed by atoms with Crippen LogP contribution in [0.15, 0.2) is 59.5 Å². The number of carbonyl (C=O) groups excluding carboxylic acids is 2. The van der Waals surface area contributed by atoms with Crippen LogP contribution in [0, 0.1) is 5.92 Å². The monoisotopic (exact) mass is 411 g/mol. The number of anilines is 2. The molecule has 29 heavy (non-hydrogen) atoms. The predicted octanol–water partition coefficient (Wildman–Crippen LogP) is 4.16. The minimum Gasteiger partial charge on any atom is -0.380 e. The first kappa shape index (κ1) is 21.2. The number of benzene rings is 2.